The normalized spacial score (nSPS) is 10.9. The van der Waals surface area contributed by atoms with E-state index < -0.39 is 0 Å². The van der Waals surface area contributed by atoms with E-state index in [0.29, 0.717) is 0 Å². The third-order valence-electron chi connectivity index (χ3n) is 2.85. The Hall–Kier alpha value is -1.81. The van der Waals surface area contributed by atoms with E-state index in [1.165, 1.54) is 10.4 Å². The first kappa shape index (κ1) is 11.3. The van der Waals surface area contributed by atoms with Gasteiger partial charge in [-0.3, -0.25) is 0 Å². The van der Waals surface area contributed by atoms with Crippen molar-refractivity contribution in [2.45, 2.75) is 10.8 Å². The van der Waals surface area contributed by atoms with Gasteiger partial charge in [0.2, 0.25) is 0 Å². The first-order valence-corrected chi connectivity index (χ1v) is 6.83. The van der Waals surface area contributed by atoms with Crippen LogP contribution in [-0.4, -0.2) is 9.90 Å². The van der Waals surface area contributed by atoms with Crippen molar-refractivity contribution in [2.24, 2.45) is 7.05 Å². The van der Waals surface area contributed by atoms with Crippen molar-refractivity contribution in [3.8, 4) is 0 Å². The molecule has 0 aliphatic heterocycles. The van der Waals surface area contributed by atoms with E-state index in [4.69, 9.17) is 0 Å². The number of benzene rings is 2. The van der Waals surface area contributed by atoms with E-state index in [0.717, 1.165) is 11.4 Å². The molecule has 0 radical (unpaired) electrons. The first-order chi connectivity index (χ1) is 8.84. The summed E-state index contributed by atoms with van der Waals surface area (Å²) >= 11 is 1.79. The molecule has 1 aromatic heterocycles. The van der Waals surface area contributed by atoms with Crippen molar-refractivity contribution >= 4 is 22.8 Å². The molecular formula is C14H14N3S+. The van der Waals surface area contributed by atoms with Gasteiger partial charge in [0.25, 0.3) is 0 Å². The number of nitrogens with zero attached hydrogens (tertiary/aromatic N) is 3. The number of thioether (sulfide) groups is 1. The van der Waals surface area contributed by atoms with Crippen LogP contribution in [0, 0.1) is 0 Å². The van der Waals surface area contributed by atoms with Gasteiger partial charge in [-0.1, -0.05) is 42.1 Å². The number of hydrogen-bond donors (Lipinski definition) is 0. The molecule has 0 spiro atoms. The van der Waals surface area contributed by atoms with E-state index in [2.05, 4.69) is 41.6 Å². The molecule has 3 nitrogen and oxygen atoms in total. The monoisotopic (exact) mass is 256 g/mol. The van der Waals surface area contributed by atoms with E-state index in [-0.39, 0.29) is 0 Å². The van der Waals surface area contributed by atoms with Crippen molar-refractivity contribution in [1.29, 1.82) is 0 Å². The van der Waals surface area contributed by atoms with Crippen LogP contribution in [0.1, 0.15) is 0 Å². The maximum Gasteiger partial charge on any atom is 0.199 e. The van der Waals surface area contributed by atoms with E-state index in [9.17, 15) is 0 Å². The van der Waals surface area contributed by atoms with Gasteiger partial charge >= 0.3 is 0 Å². The van der Waals surface area contributed by atoms with Gasteiger partial charge < -0.3 is 0 Å². The molecule has 3 rings (SSSR count). The summed E-state index contributed by atoms with van der Waals surface area (Å²) in [6.45, 7) is 0. The summed E-state index contributed by atoms with van der Waals surface area (Å²) in [7, 11) is 1.98. The van der Waals surface area contributed by atoms with E-state index in [1.807, 2.05) is 34.6 Å². The third kappa shape index (κ3) is 2.11. The molecule has 0 saturated heterocycles. The number of aromatic nitrogens is 3. The molecule has 0 amide bonds. The van der Waals surface area contributed by atoms with Crippen LogP contribution in [0.5, 0.6) is 0 Å². The minimum Gasteiger partial charge on any atom is -0.132 e. The molecule has 0 fully saturated rings. The molecule has 3 aromatic rings. The Balaban J connectivity index is 1.87. The second-order valence-electron chi connectivity index (χ2n) is 4.09. The lowest BCUT2D eigenvalue weighted by molar-refractivity contribution is -0.709. The smallest absolute Gasteiger partial charge is 0.132 e. The Morgan fingerprint density at radius 3 is 2.61 bits per heavy atom. The summed E-state index contributed by atoms with van der Waals surface area (Å²) in [5.41, 5.74) is 2.33. The third-order valence-corrected chi connectivity index (χ3v) is 3.83. The molecule has 0 aliphatic carbocycles. The second kappa shape index (κ2) is 4.82. The fourth-order valence-electron chi connectivity index (χ4n) is 1.96. The highest BCUT2D eigenvalue weighted by atomic mass is 32.2. The minimum atomic E-state index is 0.825. The predicted octanol–water partition coefficient (Wildman–Crippen LogP) is 2.61. The Labute approximate surface area is 110 Å². The number of para-hydroxylation sites is 2. The van der Waals surface area contributed by atoms with Gasteiger partial charge in [0.15, 0.2) is 16.9 Å². The highest BCUT2D eigenvalue weighted by molar-refractivity contribution is 7.98. The predicted molar refractivity (Wildman–Crippen MR) is 73.2 cm³/mol. The largest absolute Gasteiger partial charge is 0.199 e. The van der Waals surface area contributed by atoms with E-state index >= 15 is 0 Å². The lowest BCUT2D eigenvalue weighted by atomic mass is 10.3. The molecule has 0 unspecified atom stereocenters. The van der Waals surface area contributed by atoms with Gasteiger partial charge in [-0.05, 0) is 24.3 Å². The van der Waals surface area contributed by atoms with Crippen LogP contribution in [-0.2, 0) is 12.9 Å². The number of aryl methyl sites for hydroxylation is 1. The zero-order valence-corrected chi connectivity index (χ0v) is 11.0. The molecule has 1 heterocycles. The average Bonchev–Trinajstić information content (AvgIpc) is 2.75. The molecule has 90 valence electrons. The lowest BCUT2D eigenvalue weighted by Gasteiger charge is -1.97. The Kier molecular flexibility index (Phi) is 3.02. The fourth-order valence-corrected chi connectivity index (χ4v) is 2.77. The number of fused-ring (bicyclic) bond motifs is 1. The van der Waals surface area contributed by atoms with Crippen LogP contribution in [0.2, 0.25) is 0 Å². The zero-order chi connectivity index (χ0) is 12.4. The Bertz CT molecular complexity index is 661. The summed E-state index contributed by atoms with van der Waals surface area (Å²) in [5.74, 6) is 0.825. The van der Waals surface area contributed by atoms with Crippen LogP contribution >= 0.6 is 11.8 Å². The highest BCUT2D eigenvalue weighted by Crippen LogP contribution is 2.20. The van der Waals surface area contributed by atoms with Gasteiger partial charge in [0, 0.05) is 4.90 Å². The molecule has 0 atom stereocenters. The van der Waals surface area contributed by atoms with Crippen LogP contribution in [0.3, 0.4) is 0 Å². The van der Waals surface area contributed by atoms with Crippen LogP contribution < -0.4 is 4.68 Å². The fraction of sp³-hybridized carbons (Fsp3) is 0.143. The molecule has 18 heavy (non-hydrogen) atoms. The topological polar surface area (TPSA) is 21.7 Å². The van der Waals surface area contributed by atoms with E-state index in [1.54, 1.807) is 11.8 Å². The van der Waals surface area contributed by atoms with Crippen molar-refractivity contribution < 1.29 is 4.68 Å². The molecular weight excluding hydrogens is 242 g/mol. The van der Waals surface area contributed by atoms with Gasteiger partial charge in [0.05, 0.1) is 5.21 Å². The second-order valence-corrected chi connectivity index (χ2v) is 5.11. The maximum absolute atomic E-state index is 4.52. The Morgan fingerprint density at radius 2 is 1.78 bits per heavy atom. The van der Waals surface area contributed by atoms with Gasteiger partial charge in [-0.25, -0.2) is 0 Å². The molecule has 0 saturated carbocycles. The summed E-state index contributed by atoms with van der Waals surface area (Å²) in [4.78, 5) is 1.26. The summed E-state index contributed by atoms with van der Waals surface area (Å²) in [6, 6.07) is 18.7. The lowest BCUT2D eigenvalue weighted by Crippen LogP contribution is -2.31. The van der Waals surface area contributed by atoms with Gasteiger partial charge in [-0.15, -0.1) is 9.36 Å². The SMILES string of the molecule is C[n+]1nn(CSc2ccccc2)c2ccccc21. The maximum atomic E-state index is 4.52. The number of hydrogen-bond acceptors (Lipinski definition) is 2. The van der Waals surface area contributed by atoms with Crippen molar-refractivity contribution in [3.63, 3.8) is 0 Å². The molecule has 2 aromatic carbocycles. The van der Waals surface area contributed by atoms with Gasteiger partial charge in [-0.2, -0.15) is 0 Å². The first-order valence-electron chi connectivity index (χ1n) is 5.84. The molecule has 4 heteroatoms. The Morgan fingerprint density at radius 1 is 1.06 bits per heavy atom. The minimum absolute atomic E-state index is 0.825. The molecule has 0 N–H and O–H groups in total. The van der Waals surface area contributed by atoms with Gasteiger partial charge in [0.1, 0.15) is 7.05 Å². The van der Waals surface area contributed by atoms with Crippen molar-refractivity contribution in [2.75, 3.05) is 0 Å². The standard InChI is InChI=1S/C14H14N3S/c1-16-13-9-5-6-10-14(13)17(15-16)11-18-12-7-3-2-4-8-12/h2-10H,11H2,1H3/q+1. The molecule has 0 aliphatic rings. The van der Waals surface area contributed by atoms with Crippen LogP contribution in [0.15, 0.2) is 59.5 Å². The zero-order valence-electron chi connectivity index (χ0n) is 10.2. The number of rotatable bonds is 3. The summed E-state index contributed by atoms with van der Waals surface area (Å²) in [6.07, 6.45) is 0. The molecule has 0 bridgehead atoms. The summed E-state index contributed by atoms with van der Waals surface area (Å²) < 4.78 is 3.95. The average molecular weight is 256 g/mol. The van der Waals surface area contributed by atoms with Crippen molar-refractivity contribution in [1.82, 2.24) is 9.90 Å². The van der Waals surface area contributed by atoms with Crippen LogP contribution in [0.4, 0.5) is 0 Å². The summed E-state index contributed by atoms with van der Waals surface area (Å²) in [5, 5.41) is 4.52. The van der Waals surface area contributed by atoms with Crippen LogP contribution in [0.25, 0.3) is 11.0 Å². The van der Waals surface area contributed by atoms with Crippen molar-refractivity contribution in [3.05, 3.63) is 54.6 Å². The quantitative estimate of drug-likeness (QED) is 0.531. The highest BCUT2D eigenvalue weighted by Gasteiger charge is 2.14.